The van der Waals surface area contributed by atoms with Crippen LogP contribution in [-0.4, -0.2) is 50.9 Å². The van der Waals surface area contributed by atoms with Gasteiger partial charge in [-0.25, -0.2) is 8.42 Å². The molecule has 0 spiro atoms. The number of rotatable bonds is 13. The van der Waals surface area contributed by atoms with E-state index in [0.29, 0.717) is 17.9 Å². The van der Waals surface area contributed by atoms with E-state index >= 15 is 0 Å². The number of carbonyl (C=O) groups excluding carboxylic acids is 2. The molecule has 0 aliphatic carbocycles. The molecule has 0 bridgehead atoms. The number of hydrogen-bond donors (Lipinski definition) is 1. The van der Waals surface area contributed by atoms with Gasteiger partial charge in [0.15, 0.2) is 0 Å². The highest BCUT2D eigenvalue weighted by Crippen LogP contribution is 2.26. The minimum Gasteiger partial charge on any atom is -0.497 e. The molecular weight excluding hydrogens is 538 g/mol. The Balaban J connectivity index is 2.06. The van der Waals surface area contributed by atoms with Crippen molar-refractivity contribution in [1.29, 1.82) is 0 Å². The summed E-state index contributed by atoms with van der Waals surface area (Å²) in [6, 6.07) is 19.8. The summed E-state index contributed by atoms with van der Waals surface area (Å²) >= 11 is 0. The van der Waals surface area contributed by atoms with Crippen molar-refractivity contribution in [2.75, 3.05) is 18.0 Å². The molecule has 0 aliphatic rings. The van der Waals surface area contributed by atoms with Gasteiger partial charge in [0, 0.05) is 12.6 Å². The Morgan fingerprint density at radius 3 is 2.10 bits per heavy atom. The number of aryl methyl sites for hydroxylation is 2. The fourth-order valence-corrected chi connectivity index (χ4v) is 5.86. The average Bonchev–Trinajstić information content (AvgIpc) is 2.97. The molecular formula is C32H41N3O5S. The van der Waals surface area contributed by atoms with Crippen LogP contribution < -0.4 is 14.4 Å². The normalized spacial score (nSPS) is 12.7. The van der Waals surface area contributed by atoms with Gasteiger partial charge in [-0.2, -0.15) is 0 Å². The van der Waals surface area contributed by atoms with Crippen molar-refractivity contribution in [1.82, 2.24) is 10.2 Å². The number of ether oxygens (including phenoxy) is 1. The lowest BCUT2D eigenvalue weighted by atomic mass is 10.1. The molecule has 3 rings (SSSR count). The molecule has 8 nitrogen and oxygen atoms in total. The Morgan fingerprint density at radius 2 is 1.54 bits per heavy atom. The van der Waals surface area contributed by atoms with Gasteiger partial charge in [-0.1, -0.05) is 55.8 Å². The second-order valence-corrected chi connectivity index (χ2v) is 12.1. The summed E-state index contributed by atoms with van der Waals surface area (Å²) in [4.78, 5) is 29.1. The Labute approximate surface area is 244 Å². The lowest BCUT2D eigenvalue weighted by Gasteiger charge is -2.34. The van der Waals surface area contributed by atoms with Crippen LogP contribution in [0.5, 0.6) is 5.75 Å². The van der Waals surface area contributed by atoms with Crippen LogP contribution in [-0.2, 0) is 26.2 Å². The van der Waals surface area contributed by atoms with E-state index in [2.05, 4.69) is 5.32 Å². The summed E-state index contributed by atoms with van der Waals surface area (Å²) in [5.74, 6) is -0.217. The molecule has 9 heteroatoms. The lowest BCUT2D eigenvalue weighted by Crippen LogP contribution is -2.53. The molecule has 0 fully saturated rings. The fourth-order valence-electron chi connectivity index (χ4n) is 4.45. The van der Waals surface area contributed by atoms with E-state index in [0.717, 1.165) is 27.4 Å². The zero-order valence-corrected chi connectivity index (χ0v) is 25.6. The number of nitrogens with zero attached hydrogens (tertiary/aromatic N) is 2. The summed E-state index contributed by atoms with van der Waals surface area (Å²) in [6.07, 6.45) is 1.12. The van der Waals surface area contributed by atoms with Gasteiger partial charge in [0.05, 0.1) is 17.7 Å². The molecule has 0 aromatic heterocycles. The standard InChI is InChI=1S/C32H41N3O5S/c1-7-25(5)33-32(37)30(8-2)34(21-26-12-10-9-11-24(26)4)31(36)22-35(27-15-13-23(3)14-16-27)41(38,39)29-19-17-28(40-6)18-20-29/h9-20,25,30H,7-8,21-22H2,1-6H3,(H,33,37)/t25-,30+/m0/s1. The highest BCUT2D eigenvalue weighted by atomic mass is 32.2. The minimum absolute atomic E-state index is 0.0266. The first kappa shape index (κ1) is 31.7. The molecule has 2 amide bonds. The first-order chi connectivity index (χ1) is 19.5. The Bertz CT molecular complexity index is 1420. The first-order valence-electron chi connectivity index (χ1n) is 13.9. The van der Waals surface area contributed by atoms with Crippen LogP contribution in [0.2, 0.25) is 0 Å². The predicted octanol–water partition coefficient (Wildman–Crippen LogP) is 5.23. The van der Waals surface area contributed by atoms with Crippen molar-refractivity contribution in [3.05, 3.63) is 89.5 Å². The highest BCUT2D eigenvalue weighted by molar-refractivity contribution is 7.92. The minimum atomic E-state index is -4.15. The SMILES string of the molecule is CC[C@H](C(=O)N[C@@H](C)CC)N(Cc1ccccc1C)C(=O)CN(c1ccc(C)cc1)S(=O)(=O)c1ccc(OC)cc1. The van der Waals surface area contributed by atoms with Crippen LogP contribution in [0.4, 0.5) is 5.69 Å². The summed E-state index contributed by atoms with van der Waals surface area (Å²) < 4.78 is 34.3. The molecule has 2 atom stereocenters. The molecule has 0 heterocycles. The number of amides is 2. The molecule has 3 aromatic rings. The zero-order chi connectivity index (χ0) is 30.2. The van der Waals surface area contributed by atoms with Crippen LogP contribution in [0.3, 0.4) is 0 Å². The maximum Gasteiger partial charge on any atom is 0.264 e. The van der Waals surface area contributed by atoms with Crippen molar-refractivity contribution in [3.63, 3.8) is 0 Å². The Morgan fingerprint density at radius 1 is 0.902 bits per heavy atom. The number of anilines is 1. The van der Waals surface area contributed by atoms with Gasteiger partial charge in [-0.15, -0.1) is 0 Å². The van der Waals surface area contributed by atoms with E-state index in [1.807, 2.05) is 58.9 Å². The summed E-state index contributed by atoms with van der Waals surface area (Å²) in [5, 5.41) is 3.00. The molecule has 0 unspecified atom stereocenters. The third-order valence-electron chi connectivity index (χ3n) is 7.24. The van der Waals surface area contributed by atoms with Gasteiger partial charge in [-0.3, -0.25) is 13.9 Å². The smallest absolute Gasteiger partial charge is 0.264 e. The summed E-state index contributed by atoms with van der Waals surface area (Å²) in [7, 11) is -2.64. The van der Waals surface area contributed by atoms with Gasteiger partial charge < -0.3 is 15.0 Å². The molecule has 3 aromatic carbocycles. The predicted molar refractivity (Wildman–Crippen MR) is 162 cm³/mol. The molecule has 1 N–H and O–H groups in total. The van der Waals surface area contributed by atoms with E-state index in [-0.39, 0.29) is 23.4 Å². The maximum atomic E-state index is 14.2. The van der Waals surface area contributed by atoms with Crippen molar-refractivity contribution in [2.24, 2.45) is 0 Å². The topological polar surface area (TPSA) is 96.0 Å². The van der Waals surface area contributed by atoms with E-state index in [9.17, 15) is 18.0 Å². The number of methoxy groups -OCH3 is 1. The first-order valence-corrected chi connectivity index (χ1v) is 15.3. The van der Waals surface area contributed by atoms with Crippen molar-refractivity contribution in [2.45, 2.75) is 71.0 Å². The molecule has 41 heavy (non-hydrogen) atoms. The van der Waals surface area contributed by atoms with E-state index in [1.165, 1.54) is 24.1 Å². The zero-order valence-electron chi connectivity index (χ0n) is 24.8. The van der Waals surface area contributed by atoms with Crippen LogP contribution >= 0.6 is 0 Å². The van der Waals surface area contributed by atoms with Gasteiger partial charge in [0.25, 0.3) is 10.0 Å². The van der Waals surface area contributed by atoms with Crippen molar-refractivity contribution in [3.8, 4) is 5.75 Å². The van der Waals surface area contributed by atoms with Crippen molar-refractivity contribution < 1.29 is 22.7 Å². The quantitative estimate of drug-likeness (QED) is 0.299. The molecule has 0 saturated carbocycles. The van der Waals surface area contributed by atoms with Gasteiger partial charge in [0.2, 0.25) is 11.8 Å². The molecule has 0 aliphatic heterocycles. The van der Waals surface area contributed by atoms with Crippen molar-refractivity contribution >= 4 is 27.5 Å². The number of hydrogen-bond acceptors (Lipinski definition) is 5. The summed E-state index contributed by atoms with van der Waals surface area (Å²) in [6.45, 7) is 9.29. The van der Waals surface area contributed by atoms with Crippen LogP contribution in [0.15, 0.2) is 77.7 Å². The van der Waals surface area contributed by atoms with Gasteiger partial charge in [0.1, 0.15) is 18.3 Å². The number of benzene rings is 3. The summed E-state index contributed by atoms with van der Waals surface area (Å²) in [5.41, 5.74) is 3.17. The molecule has 0 radical (unpaired) electrons. The fraction of sp³-hybridized carbons (Fsp3) is 0.375. The molecule has 0 saturated heterocycles. The van der Waals surface area contributed by atoms with E-state index < -0.39 is 28.5 Å². The number of nitrogens with one attached hydrogen (secondary N) is 1. The highest BCUT2D eigenvalue weighted by Gasteiger charge is 2.34. The maximum absolute atomic E-state index is 14.2. The van der Waals surface area contributed by atoms with E-state index in [1.54, 1.807) is 36.4 Å². The number of sulfonamides is 1. The monoisotopic (exact) mass is 579 g/mol. The van der Waals surface area contributed by atoms with Gasteiger partial charge >= 0.3 is 0 Å². The van der Waals surface area contributed by atoms with Gasteiger partial charge in [-0.05, 0) is 81.1 Å². The second-order valence-electron chi connectivity index (χ2n) is 10.2. The Kier molecular flexibility index (Phi) is 10.9. The third-order valence-corrected chi connectivity index (χ3v) is 9.03. The molecule has 220 valence electrons. The third kappa shape index (κ3) is 7.88. The lowest BCUT2D eigenvalue weighted by molar-refractivity contribution is -0.140. The van der Waals surface area contributed by atoms with E-state index in [4.69, 9.17) is 4.74 Å². The van der Waals surface area contributed by atoms with Crippen LogP contribution in [0.1, 0.15) is 50.3 Å². The average molecular weight is 580 g/mol. The number of carbonyl (C=O) groups is 2. The van der Waals surface area contributed by atoms with Crippen LogP contribution in [0.25, 0.3) is 0 Å². The Hall–Kier alpha value is -3.85. The van der Waals surface area contributed by atoms with Crippen LogP contribution in [0, 0.1) is 13.8 Å². The second kappa shape index (κ2) is 14.2. The largest absolute Gasteiger partial charge is 0.497 e.